The van der Waals surface area contributed by atoms with E-state index < -0.39 is 0 Å². The fraction of sp³-hybridized carbons (Fsp3) is 0.333. The number of hydrogen-bond donors (Lipinski definition) is 1. The lowest BCUT2D eigenvalue weighted by molar-refractivity contribution is 0.631. The Morgan fingerprint density at radius 1 is 1.28 bits per heavy atom. The van der Waals surface area contributed by atoms with Crippen LogP contribution >= 0.6 is 11.3 Å². The first-order valence-corrected chi connectivity index (χ1v) is 7.08. The molecule has 1 aromatic carbocycles. The molecule has 1 heterocycles. The van der Waals surface area contributed by atoms with Gasteiger partial charge in [0.05, 0.1) is 0 Å². The summed E-state index contributed by atoms with van der Waals surface area (Å²) in [7, 11) is 0. The molecule has 0 spiro atoms. The van der Waals surface area contributed by atoms with Crippen molar-refractivity contribution in [2.24, 2.45) is 11.7 Å². The van der Waals surface area contributed by atoms with E-state index in [1.807, 2.05) is 25.1 Å². The van der Waals surface area contributed by atoms with Crippen LogP contribution in [0.5, 0.6) is 0 Å². The van der Waals surface area contributed by atoms with Gasteiger partial charge in [-0.1, -0.05) is 11.6 Å². The Balaban J connectivity index is 1.94. The zero-order valence-corrected chi connectivity index (χ0v) is 11.1. The highest BCUT2D eigenvalue weighted by Crippen LogP contribution is 2.43. The Hall–Kier alpha value is -1.19. The highest BCUT2D eigenvalue weighted by atomic mass is 32.1. The van der Waals surface area contributed by atoms with E-state index in [2.05, 4.69) is 0 Å². The number of hydrogen-bond acceptors (Lipinski definition) is 2. The summed E-state index contributed by atoms with van der Waals surface area (Å²) in [6.45, 7) is 1.98. The monoisotopic (exact) mass is 261 g/mol. The van der Waals surface area contributed by atoms with Crippen molar-refractivity contribution in [3.05, 3.63) is 46.6 Å². The van der Waals surface area contributed by atoms with Gasteiger partial charge < -0.3 is 5.73 Å². The minimum Gasteiger partial charge on any atom is -0.323 e. The van der Waals surface area contributed by atoms with E-state index in [0.29, 0.717) is 11.5 Å². The molecule has 0 saturated heterocycles. The van der Waals surface area contributed by atoms with Gasteiger partial charge in [0.2, 0.25) is 0 Å². The van der Waals surface area contributed by atoms with Crippen LogP contribution in [-0.4, -0.2) is 0 Å². The van der Waals surface area contributed by atoms with Crippen molar-refractivity contribution in [1.29, 1.82) is 0 Å². The SMILES string of the molecule is Cc1ccc(F)c(-c2ccc(C(N)C3CC3)s2)c1. The zero-order valence-electron chi connectivity index (χ0n) is 10.3. The summed E-state index contributed by atoms with van der Waals surface area (Å²) in [5.41, 5.74) is 7.94. The summed E-state index contributed by atoms with van der Waals surface area (Å²) in [4.78, 5) is 2.15. The number of rotatable bonds is 3. The maximum Gasteiger partial charge on any atom is 0.131 e. The molecule has 1 aliphatic carbocycles. The second-order valence-electron chi connectivity index (χ2n) is 5.05. The molecule has 1 atom stereocenters. The minimum atomic E-state index is -0.158. The molecule has 0 bridgehead atoms. The molecule has 3 heteroatoms. The number of benzene rings is 1. The summed E-state index contributed by atoms with van der Waals surface area (Å²) in [6.07, 6.45) is 2.46. The minimum absolute atomic E-state index is 0.136. The van der Waals surface area contributed by atoms with Crippen LogP contribution in [0.15, 0.2) is 30.3 Å². The van der Waals surface area contributed by atoms with Gasteiger partial charge in [0.15, 0.2) is 0 Å². The Morgan fingerprint density at radius 2 is 2.06 bits per heavy atom. The largest absolute Gasteiger partial charge is 0.323 e. The molecule has 3 rings (SSSR count). The lowest BCUT2D eigenvalue weighted by Gasteiger charge is -2.06. The molecule has 1 nitrogen and oxygen atoms in total. The summed E-state index contributed by atoms with van der Waals surface area (Å²) in [6, 6.07) is 9.39. The molecular weight excluding hydrogens is 245 g/mol. The van der Waals surface area contributed by atoms with E-state index in [-0.39, 0.29) is 11.9 Å². The molecule has 1 aromatic heterocycles. The third-order valence-corrected chi connectivity index (χ3v) is 4.69. The predicted molar refractivity (Wildman–Crippen MR) is 74.1 cm³/mol. The van der Waals surface area contributed by atoms with Gasteiger partial charge in [-0.05, 0) is 49.9 Å². The van der Waals surface area contributed by atoms with Crippen LogP contribution < -0.4 is 5.73 Å². The molecule has 1 fully saturated rings. The highest BCUT2D eigenvalue weighted by molar-refractivity contribution is 7.15. The van der Waals surface area contributed by atoms with Crippen molar-refractivity contribution < 1.29 is 4.39 Å². The van der Waals surface area contributed by atoms with Crippen LogP contribution in [0.4, 0.5) is 4.39 Å². The third-order valence-electron chi connectivity index (χ3n) is 3.47. The van der Waals surface area contributed by atoms with Crippen molar-refractivity contribution in [2.75, 3.05) is 0 Å². The van der Waals surface area contributed by atoms with E-state index in [0.717, 1.165) is 10.4 Å². The number of aryl methyl sites for hydroxylation is 1. The highest BCUT2D eigenvalue weighted by Gasteiger charge is 2.30. The van der Waals surface area contributed by atoms with Crippen LogP contribution in [0, 0.1) is 18.7 Å². The summed E-state index contributed by atoms with van der Waals surface area (Å²) < 4.78 is 13.8. The molecule has 1 saturated carbocycles. The average Bonchev–Trinajstić information content (AvgIpc) is 3.09. The fourth-order valence-electron chi connectivity index (χ4n) is 2.19. The first-order chi connectivity index (χ1) is 8.65. The number of halogens is 1. The molecule has 1 aliphatic rings. The van der Waals surface area contributed by atoms with Crippen LogP contribution in [-0.2, 0) is 0 Å². The lowest BCUT2D eigenvalue weighted by Crippen LogP contribution is -2.10. The molecule has 0 aliphatic heterocycles. The zero-order chi connectivity index (χ0) is 12.7. The van der Waals surface area contributed by atoms with Crippen LogP contribution in [0.1, 0.15) is 29.3 Å². The van der Waals surface area contributed by atoms with Crippen LogP contribution in [0.2, 0.25) is 0 Å². The molecule has 0 amide bonds. The van der Waals surface area contributed by atoms with Gasteiger partial charge in [-0.2, -0.15) is 0 Å². The van der Waals surface area contributed by atoms with E-state index >= 15 is 0 Å². The van der Waals surface area contributed by atoms with E-state index in [1.54, 1.807) is 17.4 Å². The van der Waals surface area contributed by atoms with Gasteiger partial charge in [0, 0.05) is 21.4 Å². The summed E-state index contributed by atoms with van der Waals surface area (Å²) in [5, 5.41) is 0. The smallest absolute Gasteiger partial charge is 0.131 e. The first-order valence-electron chi connectivity index (χ1n) is 6.27. The van der Waals surface area contributed by atoms with Gasteiger partial charge in [0.1, 0.15) is 5.82 Å². The Labute approximate surface area is 110 Å². The molecule has 18 heavy (non-hydrogen) atoms. The second-order valence-corrected chi connectivity index (χ2v) is 6.16. The molecule has 0 radical (unpaired) electrons. The van der Waals surface area contributed by atoms with Gasteiger partial charge >= 0.3 is 0 Å². The molecule has 2 aromatic rings. The van der Waals surface area contributed by atoms with E-state index in [4.69, 9.17) is 5.73 Å². The van der Waals surface area contributed by atoms with Crippen molar-refractivity contribution in [1.82, 2.24) is 0 Å². The Kier molecular flexibility index (Phi) is 2.96. The standard InChI is InChI=1S/C15H16FNS/c1-9-2-5-12(16)11(8-9)13-6-7-14(18-13)15(17)10-3-4-10/h2,5-8,10,15H,3-4,17H2,1H3. The molecular formula is C15H16FNS. The molecule has 2 N–H and O–H groups in total. The quantitative estimate of drug-likeness (QED) is 0.877. The second kappa shape index (κ2) is 4.48. The van der Waals surface area contributed by atoms with Gasteiger partial charge in [-0.3, -0.25) is 0 Å². The Morgan fingerprint density at radius 3 is 2.78 bits per heavy atom. The average molecular weight is 261 g/mol. The van der Waals surface area contributed by atoms with Crippen molar-refractivity contribution >= 4 is 11.3 Å². The lowest BCUT2D eigenvalue weighted by atomic mass is 10.1. The van der Waals surface area contributed by atoms with Gasteiger partial charge in [-0.15, -0.1) is 11.3 Å². The topological polar surface area (TPSA) is 26.0 Å². The van der Waals surface area contributed by atoms with Crippen molar-refractivity contribution in [2.45, 2.75) is 25.8 Å². The Bertz CT molecular complexity index is 572. The third kappa shape index (κ3) is 2.20. The van der Waals surface area contributed by atoms with Crippen LogP contribution in [0.3, 0.4) is 0 Å². The first kappa shape index (κ1) is 11.9. The van der Waals surface area contributed by atoms with Crippen molar-refractivity contribution in [3.8, 4) is 10.4 Å². The molecule has 1 unspecified atom stereocenters. The maximum absolute atomic E-state index is 13.8. The number of nitrogens with two attached hydrogens (primary N) is 1. The molecule has 94 valence electrons. The normalized spacial score (nSPS) is 16.8. The van der Waals surface area contributed by atoms with Gasteiger partial charge in [0.25, 0.3) is 0 Å². The van der Waals surface area contributed by atoms with Gasteiger partial charge in [-0.25, -0.2) is 4.39 Å². The summed E-state index contributed by atoms with van der Waals surface area (Å²) in [5.74, 6) is 0.479. The van der Waals surface area contributed by atoms with Crippen LogP contribution in [0.25, 0.3) is 10.4 Å². The maximum atomic E-state index is 13.8. The van der Waals surface area contributed by atoms with Crippen molar-refractivity contribution in [3.63, 3.8) is 0 Å². The fourth-order valence-corrected chi connectivity index (χ4v) is 3.31. The van der Waals surface area contributed by atoms with E-state index in [1.165, 1.54) is 23.8 Å². The summed E-state index contributed by atoms with van der Waals surface area (Å²) >= 11 is 1.62. The predicted octanol–water partition coefficient (Wildman–Crippen LogP) is 4.27. The van der Waals surface area contributed by atoms with E-state index in [9.17, 15) is 4.39 Å². The number of thiophene rings is 1.